The van der Waals surface area contributed by atoms with E-state index in [-0.39, 0.29) is 35.4 Å². The molecule has 0 spiro atoms. The Balaban J connectivity index is 1.94. The summed E-state index contributed by atoms with van der Waals surface area (Å²) >= 11 is 5.76. The van der Waals surface area contributed by atoms with E-state index in [4.69, 9.17) is 11.6 Å². The number of amides is 2. The number of benzene rings is 2. The van der Waals surface area contributed by atoms with Crippen LogP contribution < -0.4 is 10.6 Å². The zero-order valence-electron chi connectivity index (χ0n) is 15.8. The van der Waals surface area contributed by atoms with Crippen LogP contribution in [0.5, 0.6) is 0 Å². The molecule has 28 heavy (non-hydrogen) atoms. The molecular formula is C19H21ClN4O4. The van der Waals surface area contributed by atoms with Crippen LogP contribution in [0.2, 0.25) is 5.02 Å². The number of aryl methyl sites for hydroxylation is 2. The molecule has 2 rings (SSSR count). The van der Waals surface area contributed by atoms with Crippen molar-refractivity contribution < 1.29 is 14.5 Å². The van der Waals surface area contributed by atoms with Crippen molar-refractivity contribution in [1.82, 2.24) is 4.90 Å². The molecule has 0 radical (unpaired) electrons. The summed E-state index contributed by atoms with van der Waals surface area (Å²) in [4.78, 5) is 36.4. The molecule has 2 N–H and O–H groups in total. The molecule has 0 heterocycles. The molecule has 2 aromatic carbocycles. The van der Waals surface area contributed by atoms with Gasteiger partial charge in [0.25, 0.3) is 5.69 Å². The van der Waals surface area contributed by atoms with Crippen LogP contribution in [0.3, 0.4) is 0 Å². The first-order chi connectivity index (χ1) is 13.2. The topological polar surface area (TPSA) is 105 Å². The van der Waals surface area contributed by atoms with E-state index < -0.39 is 10.8 Å². The number of nitro benzene ring substituents is 1. The SMILES string of the molecule is Cc1cccc(C)c1NC(=O)CN(C)CC(=O)Nc1ccc(Cl)cc1[N+](=O)[O-]. The highest BCUT2D eigenvalue weighted by atomic mass is 35.5. The Morgan fingerprint density at radius 2 is 1.64 bits per heavy atom. The Hall–Kier alpha value is -2.97. The van der Waals surface area contributed by atoms with Gasteiger partial charge < -0.3 is 10.6 Å². The minimum atomic E-state index is -0.622. The maximum absolute atomic E-state index is 12.3. The Morgan fingerprint density at radius 3 is 2.21 bits per heavy atom. The molecule has 148 valence electrons. The van der Waals surface area contributed by atoms with Gasteiger partial charge in [0, 0.05) is 16.8 Å². The van der Waals surface area contributed by atoms with Crippen molar-refractivity contribution in [3.8, 4) is 0 Å². The number of likely N-dealkylation sites (N-methyl/N-ethyl adjacent to an activating group) is 1. The third kappa shape index (κ3) is 5.77. The minimum Gasteiger partial charge on any atom is -0.324 e. The van der Waals surface area contributed by atoms with Crippen molar-refractivity contribution in [3.63, 3.8) is 0 Å². The molecule has 0 bridgehead atoms. The van der Waals surface area contributed by atoms with Gasteiger partial charge in [-0.15, -0.1) is 0 Å². The average Bonchev–Trinajstić information content (AvgIpc) is 2.59. The third-order valence-electron chi connectivity index (χ3n) is 4.00. The molecule has 0 unspecified atom stereocenters. The summed E-state index contributed by atoms with van der Waals surface area (Å²) in [5, 5.41) is 16.6. The fourth-order valence-corrected chi connectivity index (χ4v) is 2.85. The first kappa shape index (κ1) is 21.3. The number of carbonyl (C=O) groups excluding carboxylic acids is 2. The van der Waals surface area contributed by atoms with Crippen LogP contribution in [0.25, 0.3) is 0 Å². The Kier molecular flexibility index (Phi) is 7.08. The Morgan fingerprint density at radius 1 is 1.07 bits per heavy atom. The number of nitro groups is 1. The van der Waals surface area contributed by atoms with Gasteiger partial charge in [-0.1, -0.05) is 29.8 Å². The third-order valence-corrected chi connectivity index (χ3v) is 4.24. The first-order valence-corrected chi connectivity index (χ1v) is 8.83. The van der Waals surface area contributed by atoms with Crippen LogP contribution in [-0.4, -0.2) is 41.8 Å². The van der Waals surface area contributed by atoms with E-state index in [2.05, 4.69) is 10.6 Å². The van der Waals surface area contributed by atoms with Crippen molar-refractivity contribution in [2.75, 3.05) is 30.8 Å². The number of nitrogens with one attached hydrogen (secondary N) is 2. The zero-order valence-corrected chi connectivity index (χ0v) is 16.5. The number of anilines is 2. The maximum Gasteiger partial charge on any atom is 0.294 e. The second kappa shape index (κ2) is 9.29. The highest BCUT2D eigenvalue weighted by Crippen LogP contribution is 2.27. The van der Waals surface area contributed by atoms with Gasteiger partial charge >= 0.3 is 0 Å². The summed E-state index contributed by atoms with van der Waals surface area (Å²) in [7, 11) is 1.61. The number of rotatable bonds is 7. The van der Waals surface area contributed by atoms with Gasteiger partial charge in [0.15, 0.2) is 0 Å². The molecule has 0 aromatic heterocycles. The fourth-order valence-electron chi connectivity index (χ4n) is 2.69. The number of hydrogen-bond acceptors (Lipinski definition) is 5. The number of halogens is 1. The lowest BCUT2D eigenvalue weighted by Crippen LogP contribution is -2.36. The van der Waals surface area contributed by atoms with Crippen LogP contribution in [0.15, 0.2) is 36.4 Å². The molecule has 0 fully saturated rings. The lowest BCUT2D eigenvalue weighted by molar-refractivity contribution is -0.383. The summed E-state index contributed by atoms with van der Waals surface area (Å²) in [6.07, 6.45) is 0. The monoisotopic (exact) mass is 404 g/mol. The molecule has 0 atom stereocenters. The predicted molar refractivity (Wildman–Crippen MR) is 109 cm³/mol. The number of para-hydroxylation sites is 1. The summed E-state index contributed by atoms with van der Waals surface area (Å²) in [6, 6.07) is 9.70. The van der Waals surface area contributed by atoms with E-state index in [1.807, 2.05) is 32.0 Å². The van der Waals surface area contributed by atoms with E-state index in [1.165, 1.54) is 23.1 Å². The highest BCUT2D eigenvalue weighted by Gasteiger charge is 2.18. The van der Waals surface area contributed by atoms with Gasteiger partial charge in [-0.05, 0) is 44.2 Å². The number of carbonyl (C=O) groups is 2. The molecule has 0 aliphatic carbocycles. The van der Waals surface area contributed by atoms with E-state index in [0.717, 1.165) is 16.8 Å². The van der Waals surface area contributed by atoms with Crippen LogP contribution in [0, 0.1) is 24.0 Å². The average molecular weight is 405 g/mol. The van der Waals surface area contributed by atoms with Crippen molar-refractivity contribution in [2.45, 2.75) is 13.8 Å². The van der Waals surface area contributed by atoms with Crippen LogP contribution in [-0.2, 0) is 9.59 Å². The van der Waals surface area contributed by atoms with Gasteiger partial charge in [-0.25, -0.2) is 0 Å². The largest absolute Gasteiger partial charge is 0.324 e. The summed E-state index contributed by atoms with van der Waals surface area (Å²) < 4.78 is 0. The van der Waals surface area contributed by atoms with Crippen LogP contribution in [0.4, 0.5) is 17.1 Å². The van der Waals surface area contributed by atoms with Crippen molar-refractivity contribution >= 4 is 40.5 Å². The zero-order chi connectivity index (χ0) is 20.8. The predicted octanol–water partition coefficient (Wildman–Crippen LogP) is 3.37. The van der Waals surface area contributed by atoms with Gasteiger partial charge in [-0.2, -0.15) is 0 Å². The molecule has 9 heteroatoms. The van der Waals surface area contributed by atoms with Gasteiger partial charge in [0.05, 0.1) is 18.0 Å². The van der Waals surface area contributed by atoms with Gasteiger partial charge in [0.2, 0.25) is 11.8 Å². The van der Waals surface area contributed by atoms with Gasteiger partial charge in [-0.3, -0.25) is 24.6 Å². The first-order valence-electron chi connectivity index (χ1n) is 8.45. The van der Waals surface area contributed by atoms with Crippen LogP contribution in [0.1, 0.15) is 11.1 Å². The maximum atomic E-state index is 12.3. The molecule has 0 saturated heterocycles. The van der Waals surface area contributed by atoms with Crippen molar-refractivity contribution in [3.05, 3.63) is 62.7 Å². The molecule has 2 amide bonds. The molecule has 0 saturated carbocycles. The molecular weight excluding hydrogens is 384 g/mol. The van der Waals surface area contributed by atoms with Crippen molar-refractivity contribution in [2.24, 2.45) is 0 Å². The van der Waals surface area contributed by atoms with Crippen LogP contribution >= 0.6 is 11.6 Å². The lowest BCUT2D eigenvalue weighted by atomic mass is 10.1. The summed E-state index contributed by atoms with van der Waals surface area (Å²) in [5.41, 5.74) is 2.40. The molecule has 0 aliphatic heterocycles. The second-order valence-corrected chi connectivity index (χ2v) is 6.89. The minimum absolute atomic E-state index is 0.0100. The van der Waals surface area contributed by atoms with E-state index in [1.54, 1.807) is 7.05 Å². The Bertz CT molecular complexity index is 897. The van der Waals surface area contributed by atoms with Gasteiger partial charge in [0.1, 0.15) is 5.69 Å². The number of hydrogen-bond donors (Lipinski definition) is 2. The second-order valence-electron chi connectivity index (χ2n) is 6.45. The standard InChI is InChI=1S/C19H21ClN4O4/c1-12-5-4-6-13(2)19(12)22-18(26)11-23(3)10-17(25)21-15-8-7-14(20)9-16(15)24(27)28/h4-9H,10-11H2,1-3H3,(H,21,25)(H,22,26). The quantitative estimate of drug-likeness (QED) is 0.543. The normalized spacial score (nSPS) is 10.6. The Labute approximate surface area is 167 Å². The van der Waals surface area contributed by atoms with E-state index >= 15 is 0 Å². The van der Waals surface area contributed by atoms with E-state index in [0.29, 0.717) is 0 Å². The highest BCUT2D eigenvalue weighted by molar-refractivity contribution is 6.31. The molecule has 2 aromatic rings. The fraction of sp³-hybridized carbons (Fsp3) is 0.263. The number of nitrogens with zero attached hydrogens (tertiary/aromatic N) is 2. The summed E-state index contributed by atoms with van der Waals surface area (Å²) in [6.45, 7) is 3.68. The summed E-state index contributed by atoms with van der Waals surface area (Å²) in [5.74, 6) is -0.738. The van der Waals surface area contributed by atoms with E-state index in [9.17, 15) is 19.7 Å². The van der Waals surface area contributed by atoms with Crippen molar-refractivity contribution in [1.29, 1.82) is 0 Å². The lowest BCUT2D eigenvalue weighted by Gasteiger charge is -2.17. The molecule has 8 nitrogen and oxygen atoms in total. The molecule has 0 aliphatic rings. The smallest absolute Gasteiger partial charge is 0.294 e.